The zero-order chi connectivity index (χ0) is 20.9. The molecule has 0 aliphatic carbocycles. The molecule has 1 amide bonds. The summed E-state index contributed by atoms with van der Waals surface area (Å²) in [5, 5.41) is 3.60. The van der Waals surface area contributed by atoms with E-state index in [1.807, 2.05) is 30.3 Å². The maximum absolute atomic E-state index is 12.5. The van der Waals surface area contributed by atoms with E-state index in [4.69, 9.17) is 16.3 Å². The number of para-hydroxylation sites is 1. The SMILES string of the molecule is COc1ccccc1-c1ccc(CN2CCC(NC(=O)c3ccccc3Cl)C2)cc1. The van der Waals surface area contributed by atoms with Crippen LogP contribution in [0.1, 0.15) is 22.3 Å². The predicted octanol–water partition coefficient (Wildman–Crippen LogP) is 5.02. The molecule has 154 valence electrons. The van der Waals surface area contributed by atoms with Crippen molar-refractivity contribution >= 4 is 17.5 Å². The van der Waals surface area contributed by atoms with Gasteiger partial charge in [-0.05, 0) is 35.7 Å². The molecule has 30 heavy (non-hydrogen) atoms. The molecule has 3 aromatic carbocycles. The number of carbonyl (C=O) groups is 1. The normalized spacial score (nSPS) is 16.4. The number of likely N-dealkylation sites (tertiary alicyclic amines) is 1. The molecule has 1 unspecified atom stereocenters. The Morgan fingerprint density at radius 2 is 1.80 bits per heavy atom. The second-order valence-corrected chi connectivity index (χ2v) is 7.98. The average Bonchev–Trinajstić information content (AvgIpc) is 3.21. The zero-order valence-electron chi connectivity index (χ0n) is 17.0. The van der Waals surface area contributed by atoms with Crippen molar-refractivity contribution in [1.29, 1.82) is 0 Å². The molecule has 1 saturated heterocycles. The lowest BCUT2D eigenvalue weighted by atomic mass is 10.0. The Morgan fingerprint density at radius 1 is 1.07 bits per heavy atom. The zero-order valence-corrected chi connectivity index (χ0v) is 17.7. The first-order chi connectivity index (χ1) is 14.6. The summed E-state index contributed by atoms with van der Waals surface area (Å²) in [4.78, 5) is 14.9. The van der Waals surface area contributed by atoms with Crippen LogP contribution in [0.3, 0.4) is 0 Å². The lowest BCUT2D eigenvalue weighted by molar-refractivity contribution is 0.0938. The van der Waals surface area contributed by atoms with Crippen LogP contribution in [0.5, 0.6) is 5.75 Å². The third-order valence-corrected chi connectivity index (χ3v) is 5.83. The van der Waals surface area contributed by atoms with Crippen LogP contribution in [0.25, 0.3) is 11.1 Å². The topological polar surface area (TPSA) is 41.6 Å². The summed E-state index contributed by atoms with van der Waals surface area (Å²) >= 11 is 6.14. The van der Waals surface area contributed by atoms with Crippen LogP contribution in [0, 0.1) is 0 Å². The van der Waals surface area contributed by atoms with Crippen LogP contribution in [0.15, 0.2) is 72.8 Å². The summed E-state index contributed by atoms with van der Waals surface area (Å²) in [6.07, 6.45) is 0.940. The Balaban J connectivity index is 1.34. The third kappa shape index (κ3) is 4.66. The molecule has 3 aromatic rings. The molecule has 1 heterocycles. The Kier molecular flexibility index (Phi) is 6.36. The van der Waals surface area contributed by atoms with Gasteiger partial charge in [0.05, 0.1) is 17.7 Å². The van der Waals surface area contributed by atoms with Gasteiger partial charge in [0, 0.05) is 31.2 Å². The van der Waals surface area contributed by atoms with Crippen LogP contribution in [0.4, 0.5) is 0 Å². The number of halogens is 1. The van der Waals surface area contributed by atoms with E-state index in [1.54, 1.807) is 19.2 Å². The predicted molar refractivity (Wildman–Crippen MR) is 121 cm³/mol. The minimum Gasteiger partial charge on any atom is -0.496 e. The number of hydrogen-bond donors (Lipinski definition) is 1. The van der Waals surface area contributed by atoms with Crippen molar-refractivity contribution in [3.8, 4) is 16.9 Å². The van der Waals surface area contributed by atoms with Gasteiger partial charge < -0.3 is 10.1 Å². The van der Waals surface area contributed by atoms with Crippen LogP contribution >= 0.6 is 11.6 Å². The Hall–Kier alpha value is -2.82. The van der Waals surface area contributed by atoms with E-state index in [0.29, 0.717) is 10.6 Å². The molecular formula is C25H25ClN2O2. The molecule has 4 rings (SSSR count). The van der Waals surface area contributed by atoms with Gasteiger partial charge in [-0.25, -0.2) is 0 Å². The summed E-state index contributed by atoms with van der Waals surface area (Å²) in [6, 6.07) is 23.9. The van der Waals surface area contributed by atoms with Crippen molar-refractivity contribution in [3.63, 3.8) is 0 Å². The quantitative estimate of drug-likeness (QED) is 0.608. The minimum atomic E-state index is -0.103. The monoisotopic (exact) mass is 420 g/mol. The number of benzene rings is 3. The molecular weight excluding hydrogens is 396 g/mol. The molecule has 1 N–H and O–H groups in total. The van der Waals surface area contributed by atoms with Crippen LogP contribution in [-0.2, 0) is 6.54 Å². The molecule has 0 bridgehead atoms. The molecule has 0 spiro atoms. The first-order valence-corrected chi connectivity index (χ1v) is 10.5. The molecule has 1 aliphatic heterocycles. The second kappa shape index (κ2) is 9.33. The second-order valence-electron chi connectivity index (χ2n) is 7.57. The summed E-state index contributed by atoms with van der Waals surface area (Å²) in [5.74, 6) is 0.774. The lowest BCUT2D eigenvalue weighted by Crippen LogP contribution is -2.37. The van der Waals surface area contributed by atoms with Gasteiger partial charge in [0.15, 0.2) is 0 Å². The highest BCUT2D eigenvalue weighted by atomic mass is 35.5. The van der Waals surface area contributed by atoms with Crippen molar-refractivity contribution in [1.82, 2.24) is 10.2 Å². The highest BCUT2D eigenvalue weighted by Gasteiger charge is 2.24. The number of ether oxygens (including phenoxy) is 1. The number of nitrogens with zero attached hydrogens (tertiary/aromatic N) is 1. The summed E-state index contributed by atoms with van der Waals surface area (Å²) < 4.78 is 5.47. The minimum absolute atomic E-state index is 0.103. The van der Waals surface area contributed by atoms with E-state index in [-0.39, 0.29) is 11.9 Å². The molecule has 5 heteroatoms. The number of carbonyl (C=O) groups excluding carboxylic acids is 1. The van der Waals surface area contributed by atoms with Crippen molar-refractivity contribution in [3.05, 3.63) is 88.9 Å². The Bertz CT molecular complexity index is 1020. The van der Waals surface area contributed by atoms with Crippen LogP contribution < -0.4 is 10.1 Å². The number of amides is 1. The van der Waals surface area contributed by atoms with E-state index < -0.39 is 0 Å². The standard InChI is InChI=1S/C25H25ClN2O2/c1-30-24-9-5-3-6-21(24)19-12-10-18(11-13-19)16-28-15-14-20(17-28)27-25(29)22-7-2-4-8-23(22)26/h2-13,20H,14-17H2,1H3,(H,27,29). The Labute approximate surface area is 182 Å². The molecule has 1 atom stereocenters. The summed E-state index contributed by atoms with van der Waals surface area (Å²) in [5.41, 5.74) is 4.02. The van der Waals surface area contributed by atoms with E-state index >= 15 is 0 Å². The maximum atomic E-state index is 12.5. The van der Waals surface area contributed by atoms with Crippen molar-refractivity contribution in [2.45, 2.75) is 19.0 Å². The molecule has 1 fully saturated rings. The average molecular weight is 421 g/mol. The van der Waals surface area contributed by atoms with Crippen molar-refractivity contribution in [2.24, 2.45) is 0 Å². The molecule has 0 saturated carbocycles. The molecule has 4 nitrogen and oxygen atoms in total. The van der Waals surface area contributed by atoms with Gasteiger partial charge >= 0.3 is 0 Å². The van der Waals surface area contributed by atoms with E-state index in [9.17, 15) is 4.79 Å². The largest absolute Gasteiger partial charge is 0.496 e. The number of methoxy groups -OCH3 is 1. The van der Waals surface area contributed by atoms with E-state index in [0.717, 1.165) is 42.9 Å². The maximum Gasteiger partial charge on any atom is 0.253 e. The van der Waals surface area contributed by atoms with Gasteiger partial charge in [-0.15, -0.1) is 0 Å². The van der Waals surface area contributed by atoms with Crippen LogP contribution in [-0.4, -0.2) is 37.0 Å². The van der Waals surface area contributed by atoms with Crippen molar-refractivity contribution < 1.29 is 9.53 Å². The fourth-order valence-corrected chi connectivity index (χ4v) is 4.16. The fraction of sp³-hybridized carbons (Fsp3) is 0.240. The van der Waals surface area contributed by atoms with Crippen LogP contribution in [0.2, 0.25) is 5.02 Å². The summed E-state index contributed by atoms with van der Waals surface area (Å²) in [6.45, 7) is 2.66. The molecule has 0 aromatic heterocycles. The number of nitrogens with one attached hydrogen (secondary N) is 1. The Morgan fingerprint density at radius 3 is 2.57 bits per heavy atom. The van der Waals surface area contributed by atoms with E-state index in [1.165, 1.54) is 5.56 Å². The highest BCUT2D eigenvalue weighted by molar-refractivity contribution is 6.33. The van der Waals surface area contributed by atoms with Gasteiger partial charge in [0.1, 0.15) is 5.75 Å². The molecule has 0 radical (unpaired) electrons. The molecule has 1 aliphatic rings. The number of hydrogen-bond acceptors (Lipinski definition) is 3. The summed E-state index contributed by atoms with van der Waals surface area (Å²) in [7, 11) is 1.70. The highest BCUT2D eigenvalue weighted by Crippen LogP contribution is 2.29. The van der Waals surface area contributed by atoms with Gasteiger partial charge in [-0.1, -0.05) is 66.2 Å². The van der Waals surface area contributed by atoms with Gasteiger partial charge in [0.2, 0.25) is 0 Å². The first kappa shape index (κ1) is 20.5. The van der Waals surface area contributed by atoms with Crippen molar-refractivity contribution in [2.75, 3.05) is 20.2 Å². The third-order valence-electron chi connectivity index (χ3n) is 5.50. The van der Waals surface area contributed by atoms with Gasteiger partial charge in [-0.2, -0.15) is 0 Å². The first-order valence-electron chi connectivity index (χ1n) is 10.1. The lowest BCUT2D eigenvalue weighted by Gasteiger charge is -2.17. The van der Waals surface area contributed by atoms with Gasteiger partial charge in [0.25, 0.3) is 5.91 Å². The fourth-order valence-electron chi connectivity index (χ4n) is 3.93. The number of rotatable bonds is 6. The van der Waals surface area contributed by atoms with Gasteiger partial charge in [-0.3, -0.25) is 9.69 Å². The smallest absolute Gasteiger partial charge is 0.253 e. The van der Waals surface area contributed by atoms with E-state index in [2.05, 4.69) is 40.5 Å².